The van der Waals surface area contributed by atoms with Crippen molar-refractivity contribution in [2.45, 2.75) is 37.8 Å². The van der Waals surface area contributed by atoms with E-state index in [1.807, 2.05) is 17.0 Å². The molecule has 1 spiro atoms. The molecule has 1 aromatic heterocycles. The molecule has 8 heteroatoms. The number of fused-ring (bicyclic) bond motifs is 1. The number of aliphatic imine (C=N–C) groups is 2. The first-order chi connectivity index (χ1) is 12.0. The van der Waals surface area contributed by atoms with Crippen LogP contribution in [0.4, 0.5) is 5.69 Å². The third kappa shape index (κ3) is 2.55. The van der Waals surface area contributed by atoms with Crippen molar-refractivity contribution in [1.29, 1.82) is 0 Å². The summed E-state index contributed by atoms with van der Waals surface area (Å²) in [6, 6.07) is 5.51. The molecule has 0 unspecified atom stereocenters. The number of H-pyrrole nitrogens is 1. The average molecular weight is 359 g/mol. The van der Waals surface area contributed by atoms with Gasteiger partial charge in [0.1, 0.15) is 5.66 Å². The standard InChI is InChI=1S/C17H19ClN6O/c18-13-9-21-14(25)12-8-10(4-5-11(12)13)24-16(20)22-15(19)23-17(24)6-2-1-3-7-17/h4-5,8-9H,1-3,6-7H2,(H,21,25)(H4,19,20,22,23). The molecular formula is C17H19ClN6O. The summed E-state index contributed by atoms with van der Waals surface area (Å²) in [7, 11) is 0. The van der Waals surface area contributed by atoms with Gasteiger partial charge in [-0.25, -0.2) is 4.99 Å². The third-order valence-electron chi connectivity index (χ3n) is 4.94. The topological polar surface area (TPSA) is 113 Å². The fourth-order valence-electron chi connectivity index (χ4n) is 3.85. The zero-order valence-corrected chi connectivity index (χ0v) is 14.4. The summed E-state index contributed by atoms with van der Waals surface area (Å²) in [6.45, 7) is 0. The van der Waals surface area contributed by atoms with Crippen molar-refractivity contribution in [2.75, 3.05) is 4.90 Å². The maximum Gasteiger partial charge on any atom is 0.255 e. The Morgan fingerprint density at radius 1 is 1.16 bits per heavy atom. The lowest BCUT2D eigenvalue weighted by Gasteiger charge is -2.45. The molecule has 1 fully saturated rings. The van der Waals surface area contributed by atoms with Gasteiger partial charge in [0.05, 0.1) is 10.4 Å². The number of rotatable bonds is 1. The highest BCUT2D eigenvalue weighted by atomic mass is 35.5. The minimum atomic E-state index is -0.535. The molecule has 7 nitrogen and oxygen atoms in total. The van der Waals surface area contributed by atoms with E-state index in [4.69, 9.17) is 23.1 Å². The smallest absolute Gasteiger partial charge is 0.255 e. The Balaban J connectivity index is 1.89. The van der Waals surface area contributed by atoms with Gasteiger partial charge in [-0.1, -0.05) is 24.1 Å². The Morgan fingerprint density at radius 2 is 1.92 bits per heavy atom. The van der Waals surface area contributed by atoms with E-state index in [1.54, 1.807) is 6.07 Å². The number of nitrogens with zero attached hydrogens (tertiary/aromatic N) is 3. The average Bonchev–Trinajstić information content (AvgIpc) is 2.58. The van der Waals surface area contributed by atoms with Crippen LogP contribution in [-0.2, 0) is 0 Å². The molecule has 130 valence electrons. The van der Waals surface area contributed by atoms with Gasteiger partial charge in [0.2, 0.25) is 11.9 Å². The van der Waals surface area contributed by atoms with Gasteiger partial charge in [-0.15, -0.1) is 0 Å². The summed E-state index contributed by atoms with van der Waals surface area (Å²) in [5.74, 6) is 0.504. The molecule has 4 rings (SSSR count). The zero-order chi connectivity index (χ0) is 17.6. The van der Waals surface area contributed by atoms with E-state index in [0.29, 0.717) is 21.8 Å². The molecule has 0 atom stereocenters. The van der Waals surface area contributed by atoms with Crippen LogP contribution in [0, 0.1) is 0 Å². The van der Waals surface area contributed by atoms with Crippen LogP contribution in [-0.4, -0.2) is 22.6 Å². The second kappa shape index (κ2) is 5.77. The number of aromatic nitrogens is 1. The molecule has 2 aliphatic rings. The largest absolute Gasteiger partial charge is 0.369 e. The summed E-state index contributed by atoms with van der Waals surface area (Å²) in [6.07, 6.45) is 6.42. The van der Waals surface area contributed by atoms with Crippen molar-refractivity contribution in [3.05, 3.63) is 39.8 Å². The van der Waals surface area contributed by atoms with Crippen molar-refractivity contribution < 1.29 is 0 Å². The van der Waals surface area contributed by atoms with Gasteiger partial charge in [0.25, 0.3) is 5.56 Å². The molecule has 1 aliphatic heterocycles. The van der Waals surface area contributed by atoms with Crippen molar-refractivity contribution in [3.63, 3.8) is 0 Å². The number of nitrogens with two attached hydrogens (primary N) is 2. The molecule has 0 amide bonds. The molecule has 5 N–H and O–H groups in total. The van der Waals surface area contributed by atoms with E-state index in [2.05, 4.69) is 15.0 Å². The molecule has 0 bridgehead atoms. The van der Waals surface area contributed by atoms with Crippen molar-refractivity contribution >= 4 is 40.0 Å². The van der Waals surface area contributed by atoms with Crippen LogP contribution < -0.4 is 21.9 Å². The number of nitrogens with one attached hydrogen (secondary N) is 1. The Labute approximate surface area is 149 Å². The van der Waals surface area contributed by atoms with Gasteiger partial charge in [-0.3, -0.25) is 9.69 Å². The molecule has 2 heterocycles. The number of guanidine groups is 2. The summed E-state index contributed by atoms with van der Waals surface area (Å²) >= 11 is 6.19. The summed E-state index contributed by atoms with van der Waals surface area (Å²) in [4.78, 5) is 25.6. The summed E-state index contributed by atoms with van der Waals surface area (Å²) in [5.41, 5.74) is 12.1. The molecule has 0 saturated heterocycles. The summed E-state index contributed by atoms with van der Waals surface area (Å²) < 4.78 is 0. The first-order valence-electron chi connectivity index (χ1n) is 8.31. The first kappa shape index (κ1) is 16.0. The van der Waals surface area contributed by atoms with Crippen molar-refractivity contribution in [3.8, 4) is 0 Å². The number of hydrogen-bond donors (Lipinski definition) is 3. The van der Waals surface area contributed by atoms with Gasteiger partial charge < -0.3 is 16.5 Å². The van der Waals surface area contributed by atoms with Crippen LogP contribution in [0.5, 0.6) is 0 Å². The normalized spacial score (nSPS) is 19.8. The van der Waals surface area contributed by atoms with E-state index in [-0.39, 0.29) is 11.5 Å². The number of pyridine rings is 1. The van der Waals surface area contributed by atoms with Gasteiger partial charge >= 0.3 is 0 Å². The van der Waals surface area contributed by atoms with Crippen LogP contribution in [0.25, 0.3) is 10.8 Å². The van der Waals surface area contributed by atoms with E-state index < -0.39 is 5.66 Å². The second-order valence-corrected chi connectivity index (χ2v) is 6.92. The predicted octanol–water partition coefficient (Wildman–Crippen LogP) is 2.29. The number of anilines is 1. The Morgan fingerprint density at radius 3 is 2.68 bits per heavy atom. The van der Waals surface area contributed by atoms with E-state index >= 15 is 0 Å². The second-order valence-electron chi connectivity index (χ2n) is 6.51. The van der Waals surface area contributed by atoms with Gasteiger partial charge in [0.15, 0.2) is 0 Å². The summed E-state index contributed by atoms with van der Waals surface area (Å²) in [5, 5.41) is 1.70. The lowest BCUT2D eigenvalue weighted by atomic mass is 9.87. The van der Waals surface area contributed by atoms with Crippen LogP contribution in [0.1, 0.15) is 32.1 Å². The number of hydrogen-bond acceptors (Lipinski definition) is 6. The zero-order valence-electron chi connectivity index (χ0n) is 13.6. The van der Waals surface area contributed by atoms with E-state index in [9.17, 15) is 4.79 Å². The van der Waals surface area contributed by atoms with Crippen LogP contribution in [0.3, 0.4) is 0 Å². The monoisotopic (exact) mass is 358 g/mol. The fourth-order valence-corrected chi connectivity index (χ4v) is 4.07. The molecule has 0 radical (unpaired) electrons. The lowest BCUT2D eigenvalue weighted by molar-refractivity contribution is 0.305. The Kier molecular flexibility index (Phi) is 3.68. The highest BCUT2D eigenvalue weighted by Gasteiger charge is 2.42. The predicted molar refractivity (Wildman–Crippen MR) is 101 cm³/mol. The van der Waals surface area contributed by atoms with E-state index in [1.165, 1.54) is 6.20 Å². The molecule has 1 saturated carbocycles. The lowest BCUT2D eigenvalue weighted by Crippen LogP contribution is -2.58. The maximum absolute atomic E-state index is 12.2. The fraction of sp³-hybridized carbons (Fsp3) is 0.353. The van der Waals surface area contributed by atoms with Gasteiger partial charge in [-0.05, 0) is 37.8 Å². The number of halogens is 1. The third-order valence-corrected chi connectivity index (χ3v) is 5.26. The quantitative estimate of drug-likeness (QED) is 0.725. The number of aromatic amines is 1. The van der Waals surface area contributed by atoms with Crippen molar-refractivity contribution in [1.82, 2.24) is 4.98 Å². The van der Waals surface area contributed by atoms with Gasteiger partial charge in [0, 0.05) is 17.3 Å². The van der Waals surface area contributed by atoms with Crippen LogP contribution in [0.2, 0.25) is 5.02 Å². The highest BCUT2D eigenvalue weighted by molar-refractivity contribution is 6.35. The maximum atomic E-state index is 12.2. The molecular weight excluding hydrogens is 340 g/mol. The van der Waals surface area contributed by atoms with Crippen LogP contribution in [0.15, 0.2) is 39.2 Å². The van der Waals surface area contributed by atoms with Crippen LogP contribution >= 0.6 is 11.6 Å². The highest BCUT2D eigenvalue weighted by Crippen LogP contribution is 2.40. The molecule has 25 heavy (non-hydrogen) atoms. The number of benzene rings is 1. The molecule has 2 aromatic rings. The molecule has 1 aliphatic carbocycles. The minimum absolute atomic E-state index is 0.200. The molecule has 1 aromatic carbocycles. The van der Waals surface area contributed by atoms with E-state index in [0.717, 1.165) is 37.8 Å². The Hall–Kier alpha value is -2.54. The first-order valence-corrected chi connectivity index (χ1v) is 8.69. The Bertz CT molecular complexity index is 957. The minimum Gasteiger partial charge on any atom is -0.369 e. The SMILES string of the molecule is NC1=NC2(CCCCC2)N(c2ccc3c(Cl)c[nH]c(=O)c3c2)C(N)=N1. The van der Waals surface area contributed by atoms with Crippen molar-refractivity contribution in [2.24, 2.45) is 21.5 Å². The van der Waals surface area contributed by atoms with Gasteiger partial charge in [-0.2, -0.15) is 4.99 Å².